The van der Waals surface area contributed by atoms with Crippen molar-refractivity contribution in [3.63, 3.8) is 0 Å². The molecule has 2 rings (SSSR count). The van der Waals surface area contributed by atoms with Crippen LogP contribution in [-0.4, -0.2) is 22.6 Å². The number of aromatic carboxylic acids is 1. The largest absolute Gasteiger partial charge is 0.477 e. The van der Waals surface area contributed by atoms with Gasteiger partial charge in [-0.3, -0.25) is 0 Å². The summed E-state index contributed by atoms with van der Waals surface area (Å²) in [5.74, 6) is -0.929. The number of fused-ring (bicyclic) bond motifs is 1. The molecule has 4 nitrogen and oxygen atoms in total. The fourth-order valence-corrected chi connectivity index (χ4v) is 2.29. The van der Waals surface area contributed by atoms with Gasteiger partial charge in [-0.2, -0.15) is 0 Å². The van der Waals surface area contributed by atoms with Crippen molar-refractivity contribution in [2.24, 2.45) is 5.73 Å². The summed E-state index contributed by atoms with van der Waals surface area (Å²) in [4.78, 5) is 14.2. The van der Waals surface area contributed by atoms with Crippen LogP contribution in [0.15, 0.2) is 12.1 Å². The van der Waals surface area contributed by atoms with Gasteiger partial charge in [0.15, 0.2) is 0 Å². The SMILES string of the molecule is Cc1cc(C)c2[nH]c(C(=O)O)c(CCN)c2c1. The monoisotopic (exact) mass is 232 g/mol. The second kappa shape index (κ2) is 4.22. The van der Waals surface area contributed by atoms with E-state index < -0.39 is 5.97 Å². The number of aromatic amines is 1. The fourth-order valence-electron chi connectivity index (χ4n) is 2.29. The van der Waals surface area contributed by atoms with Crippen molar-refractivity contribution in [1.29, 1.82) is 0 Å². The van der Waals surface area contributed by atoms with Gasteiger partial charge in [0.1, 0.15) is 5.69 Å². The predicted octanol–water partition coefficient (Wildman–Crippen LogP) is 1.98. The number of aromatic nitrogens is 1. The molecule has 0 fully saturated rings. The van der Waals surface area contributed by atoms with E-state index in [9.17, 15) is 9.90 Å². The second-order valence-electron chi connectivity index (χ2n) is 4.33. The summed E-state index contributed by atoms with van der Waals surface area (Å²) in [6.07, 6.45) is 0.574. The van der Waals surface area contributed by atoms with Crippen LogP contribution in [0.2, 0.25) is 0 Å². The molecule has 0 radical (unpaired) electrons. The summed E-state index contributed by atoms with van der Waals surface area (Å²) in [6.45, 7) is 4.43. The quantitative estimate of drug-likeness (QED) is 0.757. The minimum Gasteiger partial charge on any atom is -0.477 e. The van der Waals surface area contributed by atoms with E-state index in [-0.39, 0.29) is 5.69 Å². The van der Waals surface area contributed by atoms with E-state index in [1.54, 1.807) is 0 Å². The molecular formula is C13H16N2O2. The first kappa shape index (κ1) is 11.7. The first-order chi connectivity index (χ1) is 8.04. The molecule has 0 unspecified atom stereocenters. The van der Waals surface area contributed by atoms with Crippen LogP contribution in [-0.2, 0) is 6.42 Å². The van der Waals surface area contributed by atoms with E-state index in [4.69, 9.17) is 5.73 Å². The number of nitrogens with one attached hydrogen (secondary N) is 1. The Labute approximate surface area is 99.4 Å². The van der Waals surface area contributed by atoms with Crippen molar-refractivity contribution in [3.8, 4) is 0 Å². The topological polar surface area (TPSA) is 79.1 Å². The number of nitrogens with two attached hydrogens (primary N) is 1. The zero-order valence-electron chi connectivity index (χ0n) is 10.0. The zero-order valence-corrected chi connectivity index (χ0v) is 10.0. The van der Waals surface area contributed by atoms with Gasteiger partial charge < -0.3 is 15.8 Å². The number of hydrogen-bond donors (Lipinski definition) is 3. The molecule has 0 atom stereocenters. The number of aryl methyl sites for hydroxylation is 2. The number of benzene rings is 1. The van der Waals surface area contributed by atoms with Gasteiger partial charge in [0.05, 0.1) is 0 Å². The van der Waals surface area contributed by atoms with Crippen molar-refractivity contribution < 1.29 is 9.90 Å². The predicted molar refractivity (Wildman–Crippen MR) is 67.5 cm³/mol. The molecule has 1 aromatic carbocycles. The first-order valence-corrected chi connectivity index (χ1v) is 5.59. The molecule has 1 heterocycles. The molecule has 4 N–H and O–H groups in total. The molecule has 2 aromatic rings. The minimum atomic E-state index is -0.929. The second-order valence-corrected chi connectivity index (χ2v) is 4.33. The Morgan fingerprint density at radius 1 is 1.41 bits per heavy atom. The average molecular weight is 232 g/mol. The smallest absolute Gasteiger partial charge is 0.352 e. The number of H-pyrrole nitrogens is 1. The summed E-state index contributed by atoms with van der Waals surface area (Å²) in [5, 5.41) is 10.2. The lowest BCUT2D eigenvalue weighted by Crippen LogP contribution is -2.07. The van der Waals surface area contributed by atoms with Crippen LogP contribution in [0.4, 0.5) is 0 Å². The van der Waals surface area contributed by atoms with Crippen LogP contribution in [0.1, 0.15) is 27.2 Å². The lowest BCUT2D eigenvalue weighted by molar-refractivity contribution is 0.0690. The van der Waals surface area contributed by atoms with Crippen LogP contribution in [0, 0.1) is 13.8 Å². The Morgan fingerprint density at radius 2 is 2.12 bits per heavy atom. The van der Waals surface area contributed by atoms with E-state index >= 15 is 0 Å². The summed E-state index contributed by atoms with van der Waals surface area (Å²) in [6, 6.07) is 4.05. The Morgan fingerprint density at radius 3 is 2.71 bits per heavy atom. The maximum absolute atomic E-state index is 11.2. The van der Waals surface area contributed by atoms with Crippen LogP contribution < -0.4 is 5.73 Å². The highest BCUT2D eigenvalue weighted by atomic mass is 16.4. The van der Waals surface area contributed by atoms with Gasteiger partial charge in [-0.25, -0.2) is 4.79 Å². The molecule has 17 heavy (non-hydrogen) atoms. The summed E-state index contributed by atoms with van der Waals surface area (Å²) < 4.78 is 0. The third-order valence-electron chi connectivity index (χ3n) is 2.96. The maximum Gasteiger partial charge on any atom is 0.352 e. The molecule has 0 aliphatic carbocycles. The number of rotatable bonds is 3. The van der Waals surface area contributed by atoms with Gasteiger partial charge >= 0.3 is 5.97 Å². The van der Waals surface area contributed by atoms with Crippen molar-refractivity contribution in [3.05, 3.63) is 34.5 Å². The molecular weight excluding hydrogens is 216 g/mol. The van der Waals surface area contributed by atoms with Gasteiger partial charge in [0, 0.05) is 10.9 Å². The summed E-state index contributed by atoms with van der Waals surface area (Å²) in [7, 11) is 0. The van der Waals surface area contributed by atoms with Crippen LogP contribution in [0.25, 0.3) is 10.9 Å². The molecule has 0 saturated heterocycles. The number of carbonyl (C=O) groups is 1. The van der Waals surface area contributed by atoms with Crippen molar-refractivity contribution >= 4 is 16.9 Å². The molecule has 0 amide bonds. The molecule has 1 aromatic heterocycles. The number of hydrogen-bond acceptors (Lipinski definition) is 2. The minimum absolute atomic E-state index is 0.263. The van der Waals surface area contributed by atoms with Crippen LogP contribution in [0.3, 0.4) is 0 Å². The van der Waals surface area contributed by atoms with E-state index in [2.05, 4.69) is 4.98 Å². The Balaban J connectivity index is 2.79. The normalized spacial score (nSPS) is 11.0. The van der Waals surface area contributed by atoms with Crippen molar-refractivity contribution in [1.82, 2.24) is 4.98 Å². The third kappa shape index (κ3) is 1.91. The van der Waals surface area contributed by atoms with Gasteiger partial charge in [0.25, 0.3) is 0 Å². The molecule has 0 saturated carbocycles. The Kier molecular flexibility index (Phi) is 2.90. The number of carboxylic acids is 1. The number of carboxylic acid groups (broad SMARTS) is 1. The van der Waals surface area contributed by atoms with Crippen LogP contribution in [0.5, 0.6) is 0 Å². The van der Waals surface area contributed by atoms with Crippen molar-refractivity contribution in [2.45, 2.75) is 20.3 Å². The average Bonchev–Trinajstić information content (AvgIpc) is 2.58. The van der Waals surface area contributed by atoms with Gasteiger partial charge in [-0.15, -0.1) is 0 Å². The highest BCUT2D eigenvalue weighted by molar-refractivity contribution is 5.98. The molecule has 0 aliphatic rings. The zero-order chi connectivity index (χ0) is 12.6. The van der Waals surface area contributed by atoms with Crippen LogP contribution >= 0.6 is 0 Å². The maximum atomic E-state index is 11.2. The van der Waals surface area contributed by atoms with Gasteiger partial charge in [0.2, 0.25) is 0 Å². The van der Waals surface area contributed by atoms with Gasteiger partial charge in [-0.05, 0) is 44.0 Å². The third-order valence-corrected chi connectivity index (χ3v) is 2.96. The van der Waals surface area contributed by atoms with Gasteiger partial charge in [-0.1, -0.05) is 11.6 Å². The lowest BCUT2D eigenvalue weighted by atomic mass is 10.0. The van der Waals surface area contributed by atoms with E-state index in [1.165, 1.54) is 0 Å². The Bertz CT molecular complexity index is 585. The highest BCUT2D eigenvalue weighted by Gasteiger charge is 2.17. The van der Waals surface area contributed by atoms with Crippen molar-refractivity contribution in [2.75, 3.05) is 6.54 Å². The Hall–Kier alpha value is -1.81. The molecule has 0 aliphatic heterocycles. The summed E-state index contributed by atoms with van der Waals surface area (Å²) >= 11 is 0. The highest BCUT2D eigenvalue weighted by Crippen LogP contribution is 2.26. The molecule has 4 heteroatoms. The van der Waals surface area contributed by atoms with E-state index in [1.807, 2.05) is 26.0 Å². The molecule has 0 spiro atoms. The standard InChI is InChI=1S/C13H16N2O2/c1-7-5-8(2)11-10(6-7)9(3-4-14)12(15-11)13(16)17/h5-6,15H,3-4,14H2,1-2H3,(H,16,17). The fraction of sp³-hybridized carbons (Fsp3) is 0.308. The molecule has 0 bridgehead atoms. The molecule has 90 valence electrons. The van der Waals surface area contributed by atoms with E-state index in [0.717, 1.165) is 27.6 Å². The lowest BCUT2D eigenvalue weighted by Gasteiger charge is -2.01. The first-order valence-electron chi connectivity index (χ1n) is 5.59. The van der Waals surface area contributed by atoms with E-state index in [0.29, 0.717) is 13.0 Å². The summed E-state index contributed by atoms with van der Waals surface area (Å²) in [5.41, 5.74) is 9.71.